The van der Waals surface area contributed by atoms with E-state index in [1.54, 1.807) is 23.9 Å². The van der Waals surface area contributed by atoms with Crippen LogP contribution >= 0.6 is 11.3 Å². The number of benzene rings is 1. The Morgan fingerprint density at radius 2 is 2.19 bits per heavy atom. The molecule has 2 aromatic heterocycles. The van der Waals surface area contributed by atoms with E-state index in [9.17, 15) is 4.79 Å². The molecule has 0 bridgehead atoms. The average molecular weight is 297 g/mol. The van der Waals surface area contributed by atoms with Crippen molar-refractivity contribution in [2.75, 3.05) is 5.32 Å². The smallest absolute Gasteiger partial charge is 0.224 e. The molecule has 0 aliphatic heterocycles. The Morgan fingerprint density at radius 3 is 2.95 bits per heavy atom. The molecular formula is C16H15N3OS. The number of hydrogen-bond donors (Lipinski definition) is 1. The first-order chi connectivity index (χ1) is 10.3. The second kappa shape index (κ2) is 6.37. The summed E-state index contributed by atoms with van der Waals surface area (Å²) in [6, 6.07) is 9.76. The number of aryl methyl sites for hydroxylation is 1. The van der Waals surface area contributed by atoms with Crippen molar-refractivity contribution < 1.29 is 4.79 Å². The van der Waals surface area contributed by atoms with E-state index in [0.29, 0.717) is 6.42 Å². The second-order valence-electron chi connectivity index (χ2n) is 4.67. The molecule has 0 aliphatic carbocycles. The fourth-order valence-corrected chi connectivity index (χ4v) is 2.81. The molecule has 0 radical (unpaired) electrons. The van der Waals surface area contributed by atoms with Gasteiger partial charge in [-0.1, -0.05) is 12.1 Å². The summed E-state index contributed by atoms with van der Waals surface area (Å²) in [5.74, 6) is 0.0220. The highest BCUT2D eigenvalue weighted by molar-refractivity contribution is 7.07. The summed E-state index contributed by atoms with van der Waals surface area (Å²) in [6.45, 7) is 0. The van der Waals surface area contributed by atoms with Crippen molar-refractivity contribution in [1.82, 2.24) is 9.55 Å². The van der Waals surface area contributed by atoms with Gasteiger partial charge in [0.25, 0.3) is 0 Å². The van der Waals surface area contributed by atoms with Crippen LogP contribution in [0.2, 0.25) is 0 Å². The Kier molecular flexibility index (Phi) is 4.12. The number of hydrogen-bond acceptors (Lipinski definition) is 3. The fraction of sp³-hybridized carbons (Fsp3) is 0.125. The van der Waals surface area contributed by atoms with E-state index in [-0.39, 0.29) is 5.91 Å². The van der Waals surface area contributed by atoms with Crippen molar-refractivity contribution in [3.05, 3.63) is 65.4 Å². The van der Waals surface area contributed by atoms with Crippen molar-refractivity contribution in [2.45, 2.75) is 12.8 Å². The van der Waals surface area contributed by atoms with Gasteiger partial charge in [0.2, 0.25) is 5.91 Å². The largest absolute Gasteiger partial charge is 0.324 e. The van der Waals surface area contributed by atoms with E-state index in [1.807, 2.05) is 40.4 Å². The van der Waals surface area contributed by atoms with E-state index >= 15 is 0 Å². The molecule has 0 atom stereocenters. The fourth-order valence-electron chi connectivity index (χ4n) is 2.11. The standard InChI is InChI=1S/C16H15N3OS/c20-16(6-5-13-7-10-21-11-13)18-14-3-1-2-4-15(14)19-9-8-17-12-19/h1-4,7-12H,5-6H2,(H,18,20). The first-order valence-corrected chi connectivity index (χ1v) is 7.65. The van der Waals surface area contributed by atoms with Crippen molar-refractivity contribution in [1.29, 1.82) is 0 Å². The highest BCUT2D eigenvalue weighted by Crippen LogP contribution is 2.20. The summed E-state index contributed by atoms with van der Waals surface area (Å²) in [5.41, 5.74) is 2.92. The van der Waals surface area contributed by atoms with Crippen LogP contribution in [-0.2, 0) is 11.2 Å². The van der Waals surface area contributed by atoms with Crippen LogP contribution in [0.4, 0.5) is 5.69 Å². The Bertz CT molecular complexity index is 705. The summed E-state index contributed by atoms with van der Waals surface area (Å²) < 4.78 is 1.88. The van der Waals surface area contributed by atoms with Gasteiger partial charge in [0.1, 0.15) is 0 Å². The van der Waals surface area contributed by atoms with Gasteiger partial charge in [0.15, 0.2) is 0 Å². The first kappa shape index (κ1) is 13.6. The number of carbonyl (C=O) groups excluding carboxylic acids is 1. The van der Waals surface area contributed by atoms with Crippen molar-refractivity contribution >= 4 is 22.9 Å². The third kappa shape index (κ3) is 3.38. The lowest BCUT2D eigenvalue weighted by Gasteiger charge is -2.11. The number of imidazole rings is 1. The molecule has 5 heteroatoms. The van der Waals surface area contributed by atoms with Gasteiger partial charge in [-0.05, 0) is 40.9 Å². The number of nitrogens with zero attached hydrogens (tertiary/aromatic N) is 2. The number of thiophene rings is 1. The molecular weight excluding hydrogens is 282 g/mol. The Morgan fingerprint density at radius 1 is 1.29 bits per heavy atom. The predicted molar refractivity (Wildman–Crippen MR) is 84.8 cm³/mol. The minimum atomic E-state index is 0.0220. The van der Waals surface area contributed by atoms with E-state index in [0.717, 1.165) is 17.8 Å². The van der Waals surface area contributed by atoms with E-state index in [1.165, 1.54) is 5.56 Å². The van der Waals surface area contributed by atoms with Gasteiger partial charge in [0.05, 0.1) is 17.7 Å². The summed E-state index contributed by atoms with van der Waals surface area (Å²) in [5, 5.41) is 7.08. The molecule has 0 unspecified atom stereocenters. The summed E-state index contributed by atoms with van der Waals surface area (Å²) in [4.78, 5) is 16.1. The maximum absolute atomic E-state index is 12.1. The van der Waals surface area contributed by atoms with Gasteiger partial charge < -0.3 is 9.88 Å². The monoisotopic (exact) mass is 297 g/mol. The van der Waals surface area contributed by atoms with Gasteiger partial charge in [-0.3, -0.25) is 4.79 Å². The molecule has 0 saturated carbocycles. The molecule has 0 spiro atoms. The number of aromatic nitrogens is 2. The van der Waals surface area contributed by atoms with Crippen LogP contribution in [0.1, 0.15) is 12.0 Å². The zero-order valence-electron chi connectivity index (χ0n) is 11.4. The predicted octanol–water partition coefficient (Wildman–Crippen LogP) is 3.51. The molecule has 0 fully saturated rings. The number of anilines is 1. The maximum atomic E-state index is 12.1. The molecule has 1 amide bonds. The molecule has 1 aromatic carbocycles. The molecule has 106 valence electrons. The number of rotatable bonds is 5. The number of amides is 1. The SMILES string of the molecule is O=C(CCc1ccsc1)Nc1ccccc1-n1ccnc1. The lowest BCUT2D eigenvalue weighted by Crippen LogP contribution is -2.13. The normalized spacial score (nSPS) is 10.5. The number of carbonyl (C=O) groups is 1. The number of nitrogens with one attached hydrogen (secondary N) is 1. The summed E-state index contributed by atoms with van der Waals surface area (Å²) >= 11 is 1.65. The van der Waals surface area contributed by atoms with Crippen LogP contribution in [-0.4, -0.2) is 15.5 Å². The highest BCUT2D eigenvalue weighted by Gasteiger charge is 2.08. The van der Waals surface area contributed by atoms with Crippen LogP contribution in [0.5, 0.6) is 0 Å². The maximum Gasteiger partial charge on any atom is 0.224 e. The summed E-state index contributed by atoms with van der Waals surface area (Å²) in [6.07, 6.45) is 6.54. The van der Waals surface area contributed by atoms with Crippen molar-refractivity contribution in [3.63, 3.8) is 0 Å². The van der Waals surface area contributed by atoms with Gasteiger partial charge in [-0.15, -0.1) is 0 Å². The molecule has 4 nitrogen and oxygen atoms in total. The first-order valence-electron chi connectivity index (χ1n) is 6.71. The molecule has 3 rings (SSSR count). The lowest BCUT2D eigenvalue weighted by atomic mass is 10.2. The zero-order valence-corrected chi connectivity index (χ0v) is 12.2. The molecule has 0 saturated heterocycles. The zero-order chi connectivity index (χ0) is 14.5. The Balaban J connectivity index is 1.69. The third-order valence-electron chi connectivity index (χ3n) is 3.18. The van der Waals surface area contributed by atoms with Crippen LogP contribution < -0.4 is 5.32 Å². The van der Waals surface area contributed by atoms with Crippen molar-refractivity contribution in [3.8, 4) is 5.69 Å². The van der Waals surface area contributed by atoms with Crippen molar-refractivity contribution in [2.24, 2.45) is 0 Å². The van der Waals surface area contributed by atoms with Gasteiger partial charge in [0, 0.05) is 18.8 Å². The van der Waals surface area contributed by atoms with Gasteiger partial charge >= 0.3 is 0 Å². The third-order valence-corrected chi connectivity index (χ3v) is 3.91. The average Bonchev–Trinajstić information content (AvgIpc) is 3.19. The minimum absolute atomic E-state index is 0.0220. The highest BCUT2D eigenvalue weighted by atomic mass is 32.1. The van der Waals surface area contributed by atoms with Crippen LogP contribution in [0.15, 0.2) is 59.8 Å². The van der Waals surface area contributed by atoms with Gasteiger partial charge in [-0.2, -0.15) is 11.3 Å². The molecule has 2 heterocycles. The van der Waals surface area contributed by atoms with Crippen LogP contribution in [0, 0.1) is 0 Å². The lowest BCUT2D eigenvalue weighted by molar-refractivity contribution is -0.116. The quantitative estimate of drug-likeness (QED) is 0.783. The molecule has 3 aromatic rings. The minimum Gasteiger partial charge on any atom is -0.324 e. The van der Waals surface area contributed by atoms with E-state index < -0.39 is 0 Å². The Hall–Kier alpha value is -2.40. The van der Waals surface area contributed by atoms with Crippen LogP contribution in [0.25, 0.3) is 5.69 Å². The second-order valence-corrected chi connectivity index (χ2v) is 5.45. The topological polar surface area (TPSA) is 46.9 Å². The van der Waals surface area contributed by atoms with E-state index in [4.69, 9.17) is 0 Å². The Labute approximate surface area is 127 Å². The molecule has 1 N–H and O–H groups in total. The van der Waals surface area contributed by atoms with Gasteiger partial charge in [-0.25, -0.2) is 4.98 Å². The van der Waals surface area contributed by atoms with Crippen LogP contribution in [0.3, 0.4) is 0 Å². The summed E-state index contributed by atoms with van der Waals surface area (Å²) in [7, 11) is 0. The molecule has 21 heavy (non-hydrogen) atoms. The number of para-hydroxylation sites is 2. The van der Waals surface area contributed by atoms with E-state index in [2.05, 4.69) is 21.7 Å². The molecule has 0 aliphatic rings.